The number of fused-ring (bicyclic) bond motifs is 1. The van der Waals surface area contributed by atoms with Gasteiger partial charge in [-0.1, -0.05) is 23.8 Å². The Morgan fingerprint density at radius 2 is 1.92 bits per heavy atom. The second-order valence-electron chi connectivity index (χ2n) is 4.40. The fourth-order valence-electron chi connectivity index (χ4n) is 2.04. The molecule has 0 saturated heterocycles. The van der Waals surface area contributed by atoms with Crippen LogP contribution in [0.2, 0.25) is 0 Å². The molecule has 1 nitrogen and oxygen atoms in total. The van der Waals surface area contributed by atoms with Gasteiger partial charge in [0.05, 0.1) is 10.9 Å². The predicted octanol–water partition coefficient (Wildman–Crippen LogP) is 1.66. The summed E-state index contributed by atoms with van der Waals surface area (Å²) in [5.41, 5.74) is 1.54. The molecule has 0 saturated carbocycles. The fourth-order valence-corrected chi connectivity index (χ4v) is 2.04. The van der Waals surface area contributed by atoms with E-state index in [1.807, 2.05) is 0 Å². The molecule has 1 heterocycles. The molecule has 0 amide bonds. The van der Waals surface area contributed by atoms with Crippen molar-refractivity contribution in [2.75, 3.05) is 0 Å². The smallest absolute Gasteiger partial charge is 0.0652 e. The number of hydrogen-bond acceptors (Lipinski definition) is 1. The van der Waals surface area contributed by atoms with Gasteiger partial charge in [-0.05, 0) is 38.5 Å². The van der Waals surface area contributed by atoms with Crippen LogP contribution in [0.5, 0.6) is 0 Å². The lowest BCUT2D eigenvalue weighted by Crippen LogP contribution is -2.37. The van der Waals surface area contributed by atoms with Crippen LogP contribution in [0.15, 0.2) is 29.3 Å². The molecule has 0 unspecified atom stereocenters. The maximum absolute atomic E-state index is 4.71. The zero-order valence-electron chi connectivity index (χ0n) is 8.46. The van der Waals surface area contributed by atoms with Gasteiger partial charge in [-0.15, -0.1) is 0 Å². The maximum atomic E-state index is 4.71. The van der Waals surface area contributed by atoms with E-state index >= 15 is 0 Å². The molecule has 68 valence electrons. The molecular formula is C12H15N. The SMILES string of the molecule is CC1=c2ccccc2=NC(C)(C)C1. The summed E-state index contributed by atoms with van der Waals surface area (Å²) in [5.74, 6) is 0. The van der Waals surface area contributed by atoms with Gasteiger partial charge in [0.2, 0.25) is 0 Å². The summed E-state index contributed by atoms with van der Waals surface area (Å²) in [6.07, 6.45) is 1.07. The van der Waals surface area contributed by atoms with Crippen LogP contribution >= 0.6 is 0 Å². The number of para-hydroxylation sites is 1. The lowest BCUT2D eigenvalue weighted by atomic mass is 9.92. The Morgan fingerprint density at radius 1 is 1.23 bits per heavy atom. The average Bonchev–Trinajstić information content (AvgIpc) is 2.02. The third-order valence-electron chi connectivity index (χ3n) is 2.48. The maximum Gasteiger partial charge on any atom is 0.0652 e. The van der Waals surface area contributed by atoms with Crippen LogP contribution in [-0.4, -0.2) is 5.54 Å². The molecule has 0 bridgehead atoms. The van der Waals surface area contributed by atoms with E-state index in [1.165, 1.54) is 10.8 Å². The molecule has 2 rings (SSSR count). The van der Waals surface area contributed by atoms with Crippen LogP contribution in [-0.2, 0) is 0 Å². The third kappa shape index (κ3) is 1.51. The monoisotopic (exact) mass is 173 g/mol. The number of hydrogen-bond donors (Lipinski definition) is 0. The van der Waals surface area contributed by atoms with Crippen LogP contribution in [0.25, 0.3) is 5.57 Å². The Morgan fingerprint density at radius 3 is 2.69 bits per heavy atom. The molecule has 1 heteroatoms. The Hall–Kier alpha value is -1.11. The van der Waals surface area contributed by atoms with Crippen LogP contribution in [0.3, 0.4) is 0 Å². The van der Waals surface area contributed by atoms with Crippen LogP contribution in [0, 0.1) is 0 Å². The highest BCUT2D eigenvalue weighted by molar-refractivity contribution is 5.44. The summed E-state index contributed by atoms with van der Waals surface area (Å²) in [6, 6.07) is 8.39. The fraction of sp³-hybridized carbons (Fsp3) is 0.417. The molecular weight excluding hydrogens is 158 g/mol. The van der Waals surface area contributed by atoms with Crippen molar-refractivity contribution in [2.45, 2.75) is 32.7 Å². The molecule has 1 aliphatic rings. The topological polar surface area (TPSA) is 12.4 Å². The van der Waals surface area contributed by atoms with E-state index in [0.717, 1.165) is 11.8 Å². The van der Waals surface area contributed by atoms with E-state index in [0.29, 0.717) is 0 Å². The molecule has 0 aromatic heterocycles. The van der Waals surface area contributed by atoms with Crippen molar-refractivity contribution < 1.29 is 0 Å². The van der Waals surface area contributed by atoms with Gasteiger partial charge in [-0.2, -0.15) is 0 Å². The van der Waals surface area contributed by atoms with Gasteiger partial charge >= 0.3 is 0 Å². The molecule has 1 aromatic rings. The van der Waals surface area contributed by atoms with Gasteiger partial charge in [-0.25, -0.2) is 0 Å². The molecule has 1 aliphatic heterocycles. The first-order valence-corrected chi connectivity index (χ1v) is 4.73. The van der Waals surface area contributed by atoms with Crippen LogP contribution in [0.1, 0.15) is 27.2 Å². The Bertz CT molecular complexity index is 440. The summed E-state index contributed by atoms with van der Waals surface area (Å²) in [7, 11) is 0. The van der Waals surface area contributed by atoms with Crippen molar-refractivity contribution in [1.82, 2.24) is 0 Å². The van der Waals surface area contributed by atoms with E-state index < -0.39 is 0 Å². The quantitative estimate of drug-likeness (QED) is 0.566. The molecule has 0 N–H and O–H groups in total. The van der Waals surface area contributed by atoms with Gasteiger partial charge in [0.1, 0.15) is 0 Å². The van der Waals surface area contributed by atoms with Gasteiger partial charge in [-0.3, -0.25) is 4.99 Å². The van der Waals surface area contributed by atoms with E-state index in [4.69, 9.17) is 4.99 Å². The Balaban J connectivity index is 2.81. The zero-order valence-corrected chi connectivity index (χ0v) is 8.46. The van der Waals surface area contributed by atoms with Crippen LogP contribution < -0.4 is 10.6 Å². The third-order valence-corrected chi connectivity index (χ3v) is 2.48. The molecule has 0 radical (unpaired) electrons. The highest BCUT2D eigenvalue weighted by Gasteiger charge is 2.19. The molecule has 13 heavy (non-hydrogen) atoms. The minimum atomic E-state index is 0.0818. The minimum Gasteiger partial charge on any atom is -0.278 e. The van der Waals surface area contributed by atoms with Crippen molar-refractivity contribution in [3.8, 4) is 0 Å². The van der Waals surface area contributed by atoms with Gasteiger partial charge in [0.25, 0.3) is 0 Å². The van der Waals surface area contributed by atoms with Crippen molar-refractivity contribution in [3.05, 3.63) is 34.8 Å². The van der Waals surface area contributed by atoms with E-state index in [1.54, 1.807) is 0 Å². The van der Waals surface area contributed by atoms with E-state index in [2.05, 4.69) is 45.0 Å². The van der Waals surface area contributed by atoms with Crippen molar-refractivity contribution >= 4 is 5.57 Å². The first kappa shape index (κ1) is 8.49. The molecule has 1 aromatic carbocycles. The first-order valence-electron chi connectivity index (χ1n) is 4.73. The molecule has 0 spiro atoms. The van der Waals surface area contributed by atoms with E-state index in [-0.39, 0.29) is 5.54 Å². The van der Waals surface area contributed by atoms with Crippen molar-refractivity contribution in [2.24, 2.45) is 4.99 Å². The standard InChI is InChI=1S/C12H15N/c1-9-8-12(2,3)13-11-7-5-4-6-10(9)11/h4-7H,8H2,1-3H3. The summed E-state index contributed by atoms with van der Waals surface area (Å²) in [5, 5.41) is 2.47. The first-order chi connectivity index (χ1) is 6.08. The van der Waals surface area contributed by atoms with E-state index in [9.17, 15) is 0 Å². The number of nitrogens with zero attached hydrogens (tertiary/aromatic N) is 1. The largest absolute Gasteiger partial charge is 0.278 e. The number of rotatable bonds is 0. The highest BCUT2D eigenvalue weighted by atomic mass is 14.8. The molecule has 0 fully saturated rings. The summed E-state index contributed by atoms with van der Waals surface area (Å²) >= 11 is 0. The van der Waals surface area contributed by atoms with Gasteiger partial charge < -0.3 is 0 Å². The molecule has 0 atom stereocenters. The number of benzene rings is 1. The second kappa shape index (κ2) is 2.69. The normalized spacial score (nSPS) is 19.2. The average molecular weight is 173 g/mol. The van der Waals surface area contributed by atoms with Gasteiger partial charge in [0.15, 0.2) is 0 Å². The summed E-state index contributed by atoms with van der Waals surface area (Å²) in [6.45, 7) is 6.58. The summed E-state index contributed by atoms with van der Waals surface area (Å²) in [4.78, 5) is 4.71. The Labute approximate surface area is 78.8 Å². The second-order valence-corrected chi connectivity index (χ2v) is 4.40. The molecule has 0 aliphatic carbocycles. The Kier molecular flexibility index (Phi) is 1.76. The van der Waals surface area contributed by atoms with Crippen LogP contribution in [0.4, 0.5) is 0 Å². The van der Waals surface area contributed by atoms with Crippen molar-refractivity contribution in [3.63, 3.8) is 0 Å². The lowest BCUT2D eigenvalue weighted by Gasteiger charge is -2.23. The van der Waals surface area contributed by atoms with Crippen molar-refractivity contribution in [1.29, 1.82) is 0 Å². The summed E-state index contributed by atoms with van der Waals surface area (Å²) < 4.78 is 0. The highest BCUT2D eigenvalue weighted by Crippen LogP contribution is 2.20. The van der Waals surface area contributed by atoms with Gasteiger partial charge in [0, 0.05) is 0 Å². The zero-order chi connectivity index (χ0) is 9.47. The lowest BCUT2D eigenvalue weighted by molar-refractivity contribution is 0.512. The minimum absolute atomic E-state index is 0.0818. The predicted molar refractivity (Wildman–Crippen MR) is 55.0 cm³/mol.